The first kappa shape index (κ1) is 14.6. The maximum atomic E-state index is 5.97. The third-order valence-corrected chi connectivity index (χ3v) is 5.14. The van der Waals surface area contributed by atoms with Crippen LogP contribution in [0, 0.1) is 6.92 Å². The number of rotatable bonds is 6. The van der Waals surface area contributed by atoms with Gasteiger partial charge in [0.2, 0.25) is 0 Å². The van der Waals surface area contributed by atoms with E-state index in [1.807, 2.05) is 25.1 Å². The number of aryl methyl sites for hydroxylation is 1. The molecule has 21 heavy (non-hydrogen) atoms. The van der Waals surface area contributed by atoms with E-state index < -0.39 is 0 Å². The number of hydrogen-bond donors (Lipinski definition) is 1. The number of furan rings is 1. The van der Waals surface area contributed by atoms with E-state index in [1.54, 1.807) is 11.8 Å². The Bertz CT molecular complexity index is 689. The zero-order valence-corrected chi connectivity index (χ0v) is 13.6. The van der Waals surface area contributed by atoms with E-state index >= 15 is 0 Å². The molecule has 0 saturated heterocycles. The Morgan fingerprint density at radius 3 is 2.95 bits per heavy atom. The van der Waals surface area contributed by atoms with E-state index in [4.69, 9.17) is 4.42 Å². The summed E-state index contributed by atoms with van der Waals surface area (Å²) in [6.07, 6.45) is 0. The lowest BCUT2D eigenvalue weighted by Gasteiger charge is -2.13. The molecule has 0 amide bonds. The van der Waals surface area contributed by atoms with Crippen molar-refractivity contribution in [2.24, 2.45) is 0 Å². The molecule has 0 spiro atoms. The molecule has 0 aliphatic heterocycles. The molecule has 1 aromatic carbocycles. The van der Waals surface area contributed by atoms with Crippen LogP contribution in [0.3, 0.4) is 0 Å². The van der Waals surface area contributed by atoms with Gasteiger partial charge in [-0.05, 0) is 37.1 Å². The molecule has 3 aromatic rings. The molecule has 1 N–H and O–H groups in total. The minimum Gasteiger partial charge on any atom is -0.459 e. The fraction of sp³-hybridized carbons (Fsp3) is 0.333. The second kappa shape index (κ2) is 6.60. The molecule has 3 rings (SSSR count). The first-order valence-electron chi connectivity index (χ1n) is 6.91. The predicted molar refractivity (Wildman–Crippen MR) is 88.0 cm³/mol. The van der Waals surface area contributed by atoms with Crippen LogP contribution >= 0.6 is 23.3 Å². The van der Waals surface area contributed by atoms with Crippen LogP contribution in [0.4, 0.5) is 0 Å². The number of benzene rings is 1. The van der Waals surface area contributed by atoms with Crippen LogP contribution in [0.15, 0.2) is 39.1 Å². The first-order chi connectivity index (χ1) is 10.3. The van der Waals surface area contributed by atoms with Crippen LogP contribution in [0.1, 0.15) is 24.6 Å². The summed E-state index contributed by atoms with van der Waals surface area (Å²) < 4.78 is 11.2. The highest BCUT2D eigenvalue weighted by atomic mass is 32.2. The molecule has 2 aromatic heterocycles. The maximum absolute atomic E-state index is 5.97. The lowest BCUT2D eigenvalue weighted by molar-refractivity contribution is 0.464. The van der Waals surface area contributed by atoms with E-state index in [2.05, 4.69) is 33.7 Å². The Kier molecular flexibility index (Phi) is 4.57. The third-order valence-electron chi connectivity index (χ3n) is 3.12. The third kappa shape index (κ3) is 3.45. The molecule has 0 aliphatic carbocycles. The van der Waals surface area contributed by atoms with Crippen LogP contribution in [-0.4, -0.2) is 21.7 Å². The molecule has 110 valence electrons. The van der Waals surface area contributed by atoms with Crippen molar-refractivity contribution >= 4 is 34.3 Å². The quantitative estimate of drug-likeness (QED) is 0.695. The molecule has 0 radical (unpaired) electrons. The molecule has 0 fully saturated rings. The van der Waals surface area contributed by atoms with Crippen LogP contribution in [-0.2, 0) is 0 Å². The van der Waals surface area contributed by atoms with Crippen molar-refractivity contribution in [1.29, 1.82) is 0 Å². The largest absolute Gasteiger partial charge is 0.459 e. The fourth-order valence-corrected chi connectivity index (χ4v) is 3.89. The zero-order chi connectivity index (χ0) is 14.7. The average Bonchev–Trinajstić information content (AvgIpc) is 3.09. The average molecular weight is 319 g/mol. The SMILES string of the molecule is CCNC(CSc1nc(C)ns1)c1cc2ccccc2o1. The Morgan fingerprint density at radius 2 is 2.24 bits per heavy atom. The van der Waals surface area contributed by atoms with Gasteiger partial charge in [0, 0.05) is 11.1 Å². The lowest BCUT2D eigenvalue weighted by atomic mass is 10.2. The smallest absolute Gasteiger partial charge is 0.170 e. The van der Waals surface area contributed by atoms with E-state index in [-0.39, 0.29) is 6.04 Å². The highest BCUT2D eigenvalue weighted by Crippen LogP contribution is 2.29. The Hall–Kier alpha value is -1.37. The highest BCUT2D eigenvalue weighted by Gasteiger charge is 2.16. The number of hydrogen-bond acceptors (Lipinski definition) is 6. The van der Waals surface area contributed by atoms with Crippen LogP contribution in [0.2, 0.25) is 0 Å². The van der Waals surface area contributed by atoms with Crippen molar-refractivity contribution in [2.45, 2.75) is 24.2 Å². The number of nitrogens with one attached hydrogen (secondary N) is 1. The van der Waals surface area contributed by atoms with E-state index in [0.29, 0.717) is 0 Å². The van der Waals surface area contributed by atoms with Gasteiger partial charge in [0.15, 0.2) is 4.34 Å². The van der Waals surface area contributed by atoms with Crippen molar-refractivity contribution in [2.75, 3.05) is 12.3 Å². The van der Waals surface area contributed by atoms with Crippen molar-refractivity contribution in [3.8, 4) is 0 Å². The molecular formula is C15H17N3OS2. The lowest BCUT2D eigenvalue weighted by Crippen LogP contribution is -2.22. The van der Waals surface area contributed by atoms with Crippen molar-refractivity contribution < 1.29 is 4.42 Å². The standard InChI is InChI=1S/C15H17N3OS2/c1-3-16-12(9-20-15-17-10(2)18-21-15)14-8-11-6-4-5-7-13(11)19-14/h4-8,12,16H,3,9H2,1-2H3. The minimum absolute atomic E-state index is 0.177. The van der Waals surface area contributed by atoms with Crippen LogP contribution in [0.25, 0.3) is 11.0 Å². The van der Waals surface area contributed by atoms with E-state index in [1.165, 1.54) is 11.5 Å². The number of para-hydroxylation sites is 1. The van der Waals surface area contributed by atoms with Gasteiger partial charge in [-0.1, -0.05) is 36.9 Å². The van der Waals surface area contributed by atoms with E-state index in [0.717, 1.165) is 39.2 Å². The van der Waals surface area contributed by atoms with Gasteiger partial charge in [0.05, 0.1) is 6.04 Å². The number of thioether (sulfide) groups is 1. The van der Waals surface area contributed by atoms with E-state index in [9.17, 15) is 0 Å². The maximum Gasteiger partial charge on any atom is 0.170 e. The molecule has 1 atom stereocenters. The summed E-state index contributed by atoms with van der Waals surface area (Å²) >= 11 is 3.17. The summed E-state index contributed by atoms with van der Waals surface area (Å²) in [5.74, 6) is 2.69. The Labute approximate surface area is 132 Å². The van der Waals surface area contributed by atoms with Gasteiger partial charge in [0.25, 0.3) is 0 Å². The second-order valence-electron chi connectivity index (χ2n) is 4.72. The summed E-state index contributed by atoms with van der Waals surface area (Å²) in [4.78, 5) is 4.39. The fourth-order valence-electron chi connectivity index (χ4n) is 2.15. The summed E-state index contributed by atoms with van der Waals surface area (Å²) in [7, 11) is 0. The van der Waals surface area contributed by atoms with Gasteiger partial charge in [-0.2, -0.15) is 4.37 Å². The van der Waals surface area contributed by atoms with Gasteiger partial charge < -0.3 is 9.73 Å². The number of fused-ring (bicyclic) bond motifs is 1. The van der Waals surface area contributed by atoms with Gasteiger partial charge in [-0.3, -0.25) is 0 Å². The predicted octanol–water partition coefficient (Wildman–Crippen LogP) is 4.04. The first-order valence-corrected chi connectivity index (χ1v) is 8.67. The summed E-state index contributed by atoms with van der Waals surface area (Å²) in [5, 5.41) is 4.62. The van der Waals surface area contributed by atoms with Gasteiger partial charge in [-0.15, -0.1) is 0 Å². The van der Waals surface area contributed by atoms with Gasteiger partial charge in [0.1, 0.15) is 17.2 Å². The zero-order valence-electron chi connectivity index (χ0n) is 12.0. The summed E-state index contributed by atoms with van der Waals surface area (Å²) in [6.45, 7) is 4.93. The molecule has 0 saturated carbocycles. The summed E-state index contributed by atoms with van der Waals surface area (Å²) in [5.41, 5.74) is 0.937. The van der Waals surface area contributed by atoms with Gasteiger partial charge in [-0.25, -0.2) is 4.98 Å². The second-order valence-corrected chi connectivity index (χ2v) is 6.73. The van der Waals surface area contributed by atoms with Crippen molar-refractivity contribution in [3.63, 3.8) is 0 Å². The highest BCUT2D eigenvalue weighted by molar-refractivity contribution is 8.00. The molecule has 1 unspecified atom stereocenters. The minimum atomic E-state index is 0.177. The van der Waals surface area contributed by atoms with Crippen LogP contribution in [0.5, 0.6) is 0 Å². The van der Waals surface area contributed by atoms with Crippen molar-refractivity contribution in [3.05, 3.63) is 41.9 Å². The normalized spacial score (nSPS) is 12.9. The topological polar surface area (TPSA) is 51.0 Å². The molecule has 4 nitrogen and oxygen atoms in total. The van der Waals surface area contributed by atoms with Crippen molar-refractivity contribution in [1.82, 2.24) is 14.7 Å². The molecule has 2 heterocycles. The molecular weight excluding hydrogens is 302 g/mol. The summed E-state index contributed by atoms with van der Waals surface area (Å²) in [6, 6.07) is 10.4. The Balaban J connectivity index is 1.76. The molecule has 6 heteroatoms. The van der Waals surface area contributed by atoms with Crippen LogP contribution < -0.4 is 5.32 Å². The monoisotopic (exact) mass is 319 g/mol. The number of nitrogens with zero attached hydrogens (tertiary/aromatic N) is 2. The molecule has 0 bridgehead atoms. The molecule has 0 aliphatic rings. The number of aromatic nitrogens is 2. The Morgan fingerprint density at radius 1 is 1.38 bits per heavy atom. The van der Waals surface area contributed by atoms with Gasteiger partial charge >= 0.3 is 0 Å².